The number of rotatable bonds is 5. The third-order valence-corrected chi connectivity index (χ3v) is 4.70. The van der Waals surface area contributed by atoms with Crippen LogP contribution in [0.15, 0.2) is 59.5 Å². The Labute approximate surface area is 127 Å². The zero-order valence-electron chi connectivity index (χ0n) is 10.7. The van der Waals surface area contributed by atoms with Gasteiger partial charge in [0.15, 0.2) is 0 Å². The molecule has 2 aromatic carbocycles. The highest BCUT2D eigenvalue weighted by Gasteiger charge is 2.27. The quantitative estimate of drug-likeness (QED) is 0.884. The third-order valence-electron chi connectivity index (χ3n) is 2.78. The zero-order valence-corrected chi connectivity index (χ0v) is 12.3. The van der Waals surface area contributed by atoms with Crippen molar-refractivity contribution in [3.63, 3.8) is 0 Å². The second-order valence-corrected chi connectivity index (χ2v) is 6.32. The molecular weight excluding hydrogens is 314 g/mol. The molecule has 0 amide bonds. The molecule has 0 spiro atoms. The lowest BCUT2D eigenvalue weighted by Crippen LogP contribution is -2.33. The van der Waals surface area contributed by atoms with Gasteiger partial charge in [0.1, 0.15) is 10.9 Å². The van der Waals surface area contributed by atoms with E-state index in [1.165, 1.54) is 30.3 Å². The first-order valence-electron chi connectivity index (χ1n) is 5.96. The molecule has 0 aliphatic heterocycles. The standard InChI is InChI=1S/C14H12ClNO4S/c15-11-8-4-5-9-12(11)21(19,20)16-13(14(17)18)10-6-2-1-3-7-10/h1-9,13,16H,(H,17,18)/t13-/m0/s1. The normalized spacial score (nSPS) is 12.8. The first-order valence-corrected chi connectivity index (χ1v) is 7.82. The number of aliphatic carboxylic acids is 1. The maximum Gasteiger partial charge on any atom is 0.326 e. The number of carbonyl (C=O) groups is 1. The van der Waals surface area contributed by atoms with E-state index in [2.05, 4.69) is 4.72 Å². The van der Waals surface area contributed by atoms with Gasteiger partial charge in [-0.15, -0.1) is 0 Å². The summed E-state index contributed by atoms with van der Waals surface area (Å²) in [7, 11) is -4.05. The van der Waals surface area contributed by atoms with Gasteiger partial charge in [0.2, 0.25) is 10.0 Å². The molecule has 21 heavy (non-hydrogen) atoms. The van der Waals surface area contributed by atoms with Crippen LogP contribution < -0.4 is 4.72 Å². The summed E-state index contributed by atoms with van der Waals surface area (Å²) in [5.41, 5.74) is 0.334. The Bertz CT molecular complexity index is 747. The minimum Gasteiger partial charge on any atom is -0.480 e. The summed E-state index contributed by atoms with van der Waals surface area (Å²) in [5, 5.41) is 9.28. The molecule has 0 fully saturated rings. The Morgan fingerprint density at radius 1 is 1.05 bits per heavy atom. The first-order chi connectivity index (χ1) is 9.92. The van der Waals surface area contributed by atoms with Gasteiger partial charge in [-0.1, -0.05) is 54.1 Å². The van der Waals surface area contributed by atoms with Crippen LogP contribution in [0.5, 0.6) is 0 Å². The van der Waals surface area contributed by atoms with E-state index in [1.807, 2.05) is 0 Å². The van der Waals surface area contributed by atoms with E-state index >= 15 is 0 Å². The van der Waals surface area contributed by atoms with Crippen LogP contribution in [0, 0.1) is 0 Å². The number of hydrogen-bond acceptors (Lipinski definition) is 3. The molecule has 2 N–H and O–H groups in total. The topological polar surface area (TPSA) is 83.5 Å². The van der Waals surface area contributed by atoms with E-state index in [1.54, 1.807) is 24.3 Å². The van der Waals surface area contributed by atoms with Crippen molar-refractivity contribution >= 4 is 27.6 Å². The third kappa shape index (κ3) is 3.60. The summed E-state index contributed by atoms with van der Waals surface area (Å²) < 4.78 is 26.7. The number of halogens is 1. The predicted molar refractivity (Wildman–Crippen MR) is 78.6 cm³/mol. The smallest absolute Gasteiger partial charge is 0.326 e. The van der Waals surface area contributed by atoms with E-state index in [0.29, 0.717) is 5.56 Å². The van der Waals surface area contributed by atoms with Crippen molar-refractivity contribution in [2.75, 3.05) is 0 Å². The monoisotopic (exact) mass is 325 g/mol. The molecule has 1 atom stereocenters. The lowest BCUT2D eigenvalue weighted by molar-refractivity contribution is -0.139. The van der Waals surface area contributed by atoms with Crippen LogP contribution in [0.2, 0.25) is 5.02 Å². The fourth-order valence-electron chi connectivity index (χ4n) is 1.79. The average Bonchev–Trinajstić information content (AvgIpc) is 2.46. The fraction of sp³-hybridized carbons (Fsp3) is 0.0714. The van der Waals surface area contributed by atoms with Crippen molar-refractivity contribution in [2.45, 2.75) is 10.9 Å². The van der Waals surface area contributed by atoms with Crippen LogP contribution in [0.3, 0.4) is 0 Å². The van der Waals surface area contributed by atoms with Crippen LogP contribution in [0.1, 0.15) is 11.6 Å². The molecule has 0 aromatic heterocycles. The molecular formula is C14H12ClNO4S. The highest BCUT2D eigenvalue weighted by atomic mass is 35.5. The van der Waals surface area contributed by atoms with Crippen molar-refractivity contribution in [3.8, 4) is 0 Å². The van der Waals surface area contributed by atoms with Gasteiger partial charge < -0.3 is 5.11 Å². The van der Waals surface area contributed by atoms with E-state index in [9.17, 15) is 18.3 Å². The van der Waals surface area contributed by atoms with E-state index in [0.717, 1.165) is 0 Å². The molecule has 5 nitrogen and oxygen atoms in total. The zero-order chi connectivity index (χ0) is 15.5. The van der Waals surface area contributed by atoms with Crippen LogP contribution in [-0.4, -0.2) is 19.5 Å². The fourth-order valence-corrected chi connectivity index (χ4v) is 3.48. The Morgan fingerprint density at radius 3 is 2.19 bits per heavy atom. The molecule has 0 saturated carbocycles. The maximum atomic E-state index is 12.3. The molecule has 0 aliphatic carbocycles. The van der Waals surface area contributed by atoms with E-state index in [-0.39, 0.29) is 9.92 Å². The molecule has 0 unspecified atom stereocenters. The summed E-state index contributed by atoms with van der Waals surface area (Å²) in [6, 6.07) is 12.5. The number of benzene rings is 2. The van der Waals surface area contributed by atoms with Crippen molar-refractivity contribution in [2.24, 2.45) is 0 Å². The van der Waals surface area contributed by atoms with Crippen molar-refractivity contribution in [1.82, 2.24) is 4.72 Å². The van der Waals surface area contributed by atoms with Crippen LogP contribution >= 0.6 is 11.6 Å². The second-order valence-electron chi connectivity index (χ2n) is 4.23. The largest absolute Gasteiger partial charge is 0.480 e. The Hall–Kier alpha value is -1.89. The van der Waals surface area contributed by atoms with Gasteiger partial charge in [0, 0.05) is 0 Å². The molecule has 0 heterocycles. The van der Waals surface area contributed by atoms with Crippen molar-refractivity contribution in [3.05, 3.63) is 65.2 Å². The number of nitrogens with one attached hydrogen (secondary N) is 1. The van der Waals surface area contributed by atoms with Gasteiger partial charge in [-0.2, -0.15) is 4.72 Å². The number of carboxylic acid groups (broad SMARTS) is 1. The van der Waals surface area contributed by atoms with Crippen molar-refractivity contribution < 1.29 is 18.3 Å². The predicted octanol–water partition coefficient (Wildman–Crippen LogP) is 2.44. The van der Waals surface area contributed by atoms with E-state index in [4.69, 9.17) is 11.6 Å². The molecule has 110 valence electrons. The van der Waals surface area contributed by atoms with E-state index < -0.39 is 22.0 Å². The second kappa shape index (κ2) is 6.26. The summed E-state index contributed by atoms with van der Waals surface area (Å²) >= 11 is 5.85. The summed E-state index contributed by atoms with van der Waals surface area (Å²) in [5.74, 6) is -1.29. The Morgan fingerprint density at radius 2 is 1.62 bits per heavy atom. The van der Waals surface area contributed by atoms with Gasteiger partial charge in [0.05, 0.1) is 5.02 Å². The van der Waals surface area contributed by atoms with Gasteiger partial charge in [-0.25, -0.2) is 8.42 Å². The molecule has 0 saturated heterocycles. The average molecular weight is 326 g/mol. The van der Waals surface area contributed by atoms with Crippen molar-refractivity contribution in [1.29, 1.82) is 0 Å². The van der Waals surface area contributed by atoms with Gasteiger partial charge in [-0.05, 0) is 17.7 Å². The molecule has 7 heteroatoms. The minimum absolute atomic E-state index is 0.0298. The number of carboxylic acids is 1. The molecule has 2 rings (SSSR count). The molecule has 0 radical (unpaired) electrons. The summed E-state index contributed by atoms with van der Waals surface area (Å²) in [4.78, 5) is 11.2. The Kier molecular flexibility index (Phi) is 4.62. The Balaban J connectivity index is 2.38. The van der Waals surface area contributed by atoms with Gasteiger partial charge in [0.25, 0.3) is 0 Å². The van der Waals surface area contributed by atoms with Gasteiger partial charge in [-0.3, -0.25) is 4.79 Å². The number of sulfonamides is 1. The molecule has 2 aromatic rings. The van der Waals surface area contributed by atoms with Gasteiger partial charge >= 0.3 is 5.97 Å². The molecule has 0 aliphatic rings. The highest BCUT2D eigenvalue weighted by molar-refractivity contribution is 7.89. The molecule has 0 bridgehead atoms. The van der Waals surface area contributed by atoms with Crippen LogP contribution in [-0.2, 0) is 14.8 Å². The lowest BCUT2D eigenvalue weighted by Gasteiger charge is -2.15. The minimum atomic E-state index is -4.05. The maximum absolute atomic E-state index is 12.3. The lowest BCUT2D eigenvalue weighted by atomic mass is 10.1. The summed E-state index contributed by atoms with van der Waals surface area (Å²) in [6.45, 7) is 0. The first kappa shape index (κ1) is 15.5. The number of hydrogen-bond donors (Lipinski definition) is 2. The summed E-state index contributed by atoms with van der Waals surface area (Å²) in [6.07, 6.45) is 0. The van der Waals surface area contributed by atoms with Crippen LogP contribution in [0.4, 0.5) is 0 Å². The van der Waals surface area contributed by atoms with Crippen LogP contribution in [0.25, 0.3) is 0 Å². The highest BCUT2D eigenvalue weighted by Crippen LogP contribution is 2.23. The SMILES string of the molecule is O=C(O)[C@@H](NS(=O)(=O)c1ccccc1Cl)c1ccccc1.